The highest BCUT2D eigenvalue weighted by Crippen LogP contribution is 2.24. The molecule has 0 unspecified atom stereocenters. The van der Waals surface area contributed by atoms with Crippen LogP contribution in [0.15, 0.2) is 35.0 Å². The standard InChI is InChI=1S/C12H10FNO3/c1-2-16-12(15)11-10(7-14-17-11)8-3-5-9(13)6-4-8/h3-7H,2H2,1H3. The van der Waals surface area contributed by atoms with Gasteiger partial charge in [-0.1, -0.05) is 17.3 Å². The van der Waals surface area contributed by atoms with Gasteiger partial charge in [0.1, 0.15) is 5.82 Å². The van der Waals surface area contributed by atoms with E-state index >= 15 is 0 Å². The van der Waals surface area contributed by atoms with Crippen molar-refractivity contribution in [2.24, 2.45) is 0 Å². The fourth-order valence-corrected chi connectivity index (χ4v) is 1.42. The lowest BCUT2D eigenvalue weighted by molar-refractivity contribution is 0.0481. The number of carbonyl (C=O) groups excluding carboxylic acids is 1. The number of ether oxygens (including phenoxy) is 1. The first kappa shape index (κ1) is 11.3. The Morgan fingerprint density at radius 1 is 1.41 bits per heavy atom. The lowest BCUT2D eigenvalue weighted by atomic mass is 10.1. The minimum absolute atomic E-state index is 0.0264. The number of rotatable bonds is 3. The summed E-state index contributed by atoms with van der Waals surface area (Å²) in [6, 6.07) is 5.70. The first-order valence-corrected chi connectivity index (χ1v) is 5.10. The van der Waals surface area contributed by atoms with Gasteiger partial charge in [-0.3, -0.25) is 0 Å². The molecule has 0 saturated carbocycles. The maximum Gasteiger partial charge on any atom is 0.377 e. The first-order chi connectivity index (χ1) is 8.22. The third kappa shape index (κ3) is 2.33. The predicted molar refractivity (Wildman–Crippen MR) is 57.9 cm³/mol. The molecule has 5 heteroatoms. The molecule has 0 bridgehead atoms. The molecule has 88 valence electrons. The van der Waals surface area contributed by atoms with Gasteiger partial charge < -0.3 is 9.26 Å². The summed E-state index contributed by atoms with van der Waals surface area (Å²) >= 11 is 0. The van der Waals surface area contributed by atoms with Crippen molar-refractivity contribution in [2.75, 3.05) is 6.61 Å². The number of benzene rings is 1. The molecule has 0 aliphatic heterocycles. The van der Waals surface area contributed by atoms with Crippen molar-refractivity contribution in [1.29, 1.82) is 0 Å². The van der Waals surface area contributed by atoms with Gasteiger partial charge in [0.2, 0.25) is 0 Å². The molecule has 0 radical (unpaired) electrons. The Bertz CT molecular complexity index is 519. The van der Waals surface area contributed by atoms with Gasteiger partial charge in [0.05, 0.1) is 18.4 Å². The molecular weight excluding hydrogens is 225 g/mol. The molecule has 0 N–H and O–H groups in total. The zero-order valence-corrected chi connectivity index (χ0v) is 9.14. The highest BCUT2D eigenvalue weighted by molar-refractivity contribution is 5.94. The van der Waals surface area contributed by atoms with E-state index in [9.17, 15) is 9.18 Å². The molecule has 2 rings (SSSR count). The second-order valence-corrected chi connectivity index (χ2v) is 3.30. The maximum absolute atomic E-state index is 12.8. The van der Waals surface area contributed by atoms with E-state index in [2.05, 4.69) is 5.16 Å². The van der Waals surface area contributed by atoms with Crippen molar-refractivity contribution >= 4 is 5.97 Å². The van der Waals surface area contributed by atoms with Crippen LogP contribution in [0.1, 0.15) is 17.5 Å². The number of hydrogen-bond donors (Lipinski definition) is 0. The van der Waals surface area contributed by atoms with E-state index in [0.717, 1.165) is 0 Å². The van der Waals surface area contributed by atoms with Crippen LogP contribution in [-0.2, 0) is 4.74 Å². The summed E-state index contributed by atoms with van der Waals surface area (Å²) in [4.78, 5) is 11.5. The monoisotopic (exact) mass is 235 g/mol. The zero-order chi connectivity index (χ0) is 12.3. The van der Waals surface area contributed by atoms with Crippen LogP contribution < -0.4 is 0 Å². The Morgan fingerprint density at radius 2 is 2.12 bits per heavy atom. The number of halogens is 1. The van der Waals surface area contributed by atoms with Gasteiger partial charge in [-0.05, 0) is 24.6 Å². The highest BCUT2D eigenvalue weighted by Gasteiger charge is 2.19. The summed E-state index contributed by atoms with van der Waals surface area (Å²) in [5, 5.41) is 3.55. The van der Waals surface area contributed by atoms with E-state index < -0.39 is 5.97 Å². The van der Waals surface area contributed by atoms with Crippen molar-refractivity contribution < 1.29 is 18.4 Å². The van der Waals surface area contributed by atoms with Gasteiger partial charge in [-0.25, -0.2) is 9.18 Å². The molecular formula is C12H10FNO3. The highest BCUT2D eigenvalue weighted by atomic mass is 19.1. The van der Waals surface area contributed by atoms with Crippen LogP contribution in [0.2, 0.25) is 0 Å². The fraction of sp³-hybridized carbons (Fsp3) is 0.167. The van der Waals surface area contributed by atoms with Gasteiger partial charge in [0.15, 0.2) is 0 Å². The Kier molecular flexibility index (Phi) is 3.18. The lowest BCUT2D eigenvalue weighted by Crippen LogP contribution is -2.04. The number of aromatic nitrogens is 1. The second kappa shape index (κ2) is 4.78. The molecule has 2 aromatic rings. The van der Waals surface area contributed by atoms with Crippen molar-refractivity contribution in [1.82, 2.24) is 5.16 Å². The SMILES string of the molecule is CCOC(=O)c1oncc1-c1ccc(F)cc1. The summed E-state index contributed by atoms with van der Waals surface area (Å²) < 4.78 is 22.4. The van der Waals surface area contributed by atoms with Gasteiger partial charge in [-0.15, -0.1) is 0 Å². The summed E-state index contributed by atoms with van der Waals surface area (Å²) in [6.45, 7) is 1.95. The van der Waals surface area contributed by atoms with Gasteiger partial charge in [0.25, 0.3) is 5.76 Å². The maximum atomic E-state index is 12.8. The lowest BCUT2D eigenvalue weighted by Gasteiger charge is -2.01. The number of esters is 1. The molecule has 0 atom stereocenters. The summed E-state index contributed by atoms with van der Waals surface area (Å²) in [6.07, 6.45) is 1.40. The molecule has 1 aromatic carbocycles. The average molecular weight is 235 g/mol. The molecule has 4 nitrogen and oxygen atoms in total. The Hall–Kier alpha value is -2.17. The largest absolute Gasteiger partial charge is 0.460 e. The number of carbonyl (C=O) groups is 1. The van der Waals surface area contributed by atoms with Crippen molar-refractivity contribution in [3.63, 3.8) is 0 Å². The van der Waals surface area contributed by atoms with Crippen LogP contribution in [0.5, 0.6) is 0 Å². The van der Waals surface area contributed by atoms with Crippen LogP contribution in [0.3, 0.4) is 0 Å². The van der Waals surface area contributed by atoms with E-state index in [0.29, 0.717) is 11.1 Å². The first-order valence-electron chi connectivity index (χ1n) is 5.10. The van der Waals surface area contributed by atoms with Crippen LogP contribution in [0, 0.1) is 5.82 Å². The average Bonchev–Trinajstić information content (AvgIpc) is 2.79. The molecule has 1 heterocycles. The zero-order valence-electron chi connectivity index (χ0n) is 9.14. The van der Waals surface area contributed by atoms with Gasteiger partial charge in [0, 0.05) is 0 Å². The van der Waals surface area contributed by atoms with Crippen LogP contribution in [-0.4, -0.2) is 17.7 Å². The Labute approximate surface area is 97.0 Å². The van der Waals surface area contributed by atoms with Gasteiger partial charge in [-0.2, -0.15) is 0 Å². The molecule has 0 spiro atoms. The van der Waals surface area contributed by atoms with Crippen molar-refractivity contribution in [2.45, 2.75) is 6.92 Å². The van der Waals surface area contributed by atoms with E-state index in [-0.39, 0.29) is 18.2 Å². The molecule has 0 saturated heterocycles. The quantitative estimate of drug-likeness (QED) is 0.767. The van der Waals surface area contributed by atoms with Crippen molar-refractivity contribution in [3.8, 4) is 11.1 Å². The van der Waals surface area contributed by atoms with Gasteiger partial charge >= 0.3 is 5.97 Å². The van der Waals surface area contributed by atoms with E-state index in [1.54, 1.807) is 19.1 Å². The summed E-state index contributed by atoms with van der Waals surface area (Å²) in [5.41, 5.74) is 1.14. The smallest absolute Gasteiger partial charge is 0.377 e. The number of nitrogens with zero attached hydrogens (tertiary/aromatic N) is 1. The van der Waals surface area contributed by atoms with Crippen LogP contribution >= 0.6 is 0 Å². The molecule has 0 fully saturated rings. The van der Waals surface area contributed by atoms with Crippen LogP contribution in [0.25, 0.3) is 11.1 Å². The normalized spacial score (nSPS) is 10.2. The Morgan fingerprint density at radius 3 is 2.76 bits per heavy atom. The predicted octanol–water partition coefficient (Wildman–Crippen LogP) is 2.66. The molecule has 0 aliphatic rings. The topological polar surface area (TPSA) is 52.3 Å². The molecule has 17 heavy (non-hydrogen) atoms. The molecule has 0 amide bonds. The van der Waals surface area contributed by atoms with E-state index in [4.69, 9.17) is 9.26 Å². The van der Waals surface area contributed by atoms with Crippen LogP contribution in [0.4, 0.5) is 4.39 Å². The van der Waals surface area contributed by atoms with E-state index in [1.165, 1.54) is 18.3 Å². The third-order valence-electron chi connectivity index (χ3n) is 2.19. The molecule has 1 aromatic heterocycles. The van der Waals surface area contributed by atoms with E-state index in [1.807, 2.05) is 0 Å². The van der Waals surface area contributed by atoms with Crippen molar-refractivity contribution in [3.05, 3.63) is 42.0 Å². The minimum Gasteiger partial charge on any atom is -0.460 e. The third-order valence-corrected chi connectivity index (χ3v) is 2.19. The summed E-state index contributed by atoms with van der Waals surface area (Å²) in [7, 11) is 0. The Balaban J connectivity index is 2.36. The second-order valence-electron chi connectivity index (χ2n) is 3.30. The number of hydrogen-bond acceptors (Lipinski definition) is 4. The molecule has 0 aliphatic carbocycles. The minimum atomic E-state index is -0.579. The fourth-order valence-electron chi connectivity index (χ4n) is 1.42. The summed E-state index contributed by atoms with van der Waals surface area (Å²) in [5.74, 6) is -0.898.